The maximum atomic E-state index is 5.63. The molecule has 0 unspecified atom stereocenters. The van der Waals surface area contributed by atoms with E-state index in [1.165, 1.54) is 24.8 Å². The molecule has 0 saturated heterocycles. The molecule has 2 nitrogen and oxygen atoms in total. The van der Waals surface area contributed by atoms with Crippen LogP contribution in [0.25, 0.3) is 0 Å². The maximum absolute atomic E-state index is 5.63. The number of hydrogen-bond donors (Lipinski definition) is 1. The first-order valence-electron chi connectivity index (χ1n) is 6.89. The molecule has 0 aromatic heterocycles. The maximum Gasteiger partial charge on any atom is 0.133 e. The standard InChI is InChI=1S/C15H24BrNO/c1-3-5-6-9-17-12-13-7-8-15(14(16)11-13)18-10-4-2/h7-8,11,17H,3-6,9-10,12H2,1-2H3. The van der Waals surface area contributed by atoms with E-state index in [1.807, 2.05) is 6.07 Å². The van der Waals surface area contributed by atoms with E-state index < -0.39 is 0 Å². The third-order valence-corrected chi connectivity index (χ3v) is 3.36. The molecule has 0 spiro atoms. The largest absolute Gasteiger partial charge is 0.492 e. The average Bonchev–Trinajstić information content (AvgIpc) is 2.37. The Hall–Kier alpha value is -0.540. The zero-order valence-electron chi connectivity index (χ0n) is 11.5. The van der Waals surface area contributed by atoms with Gasteiger partial charge in [0.1, 0.15) is 5.75 Å². The van der Waals surface area contributed by atoms with Gasteiger partial charge in [-0.3, -0.25) is 0 Å². The van der Waals surface area contributed by atoms with Crippen molar-refractivity contribution in [2.75, 3.05) is 13.2 Å². The monoisotopic (exact) mass is 313 g/mol. The summed E-state index contributed by atoms with van der Waals surface area (Å²) in [6.45, 7) is 7.14. The van der Waals surface area contributed by atoms with Crippen LogP contribution >= 0.6 is 15.9 Å². The van der Waals surface area contributed by atoms with Crippen LogP contribution in [0.15, 0.2) is 22.7 Å². The summed E-state index contributed by atoms with van der Waals surface area (Å²) in [4.78, 5) is 0. The van der Waals surface area contributed by atoms with Gasteiger partial charge in [0.25, 0.3) is 0 Å². The van der Waals surface area contributed by atoms with Gasteiger partial charge in [0, 0.05) is 6.54 Å². The molecule has 0 heterocycles. The van der Waals surface area contributed by atoms with Crippen LogP contribution in [0, 0.1) is 0 Å². The number of nitrogens with one attached hydrogen (secondary N) is 1. The summed E-state index contributed by atoms with van der Waals surface area (Å²) in [5.74, 6) is 0.937. The summed E-state index contributed by atoms with van der Waals surface area (Å²) in [6, 6.07) is 6.31. The van der Waals surface area contributed by atoms with Crippen LogP contribution in [0.5, 0.6) is 5.75 Å². The Labute approximate surface area is 119 Å². The van der Waals surface area contributed by atoms with Crippen molar-refractivity contribution >= 4 is 15.9 Å². The van der Waals surface area contributed by atoms with Crippen LogP contribution in [0.4, 0.5) is 0 Å². The Morgan fingerprint density at radius 2 is 2.00 bits per heavy atom. The van der Waals surface area contributed by atoms with Gasteiger partial charge in [-0.05, 0) is 53.0 Å². The van der Waals surface area contributed by atoms with Crippen molar-refractivity contribution < 1.29 is 4.74 Å². The molecule has 0 radical (unpaired) electrons. The van der Waals surface area contributed by atoms with Crippen molar-refractivity contribution in [3.05, 3.63) is 28.2 Å². The topological polar surface area (TPSA) is 21.3 Å². The number of hydrogen-bond acceptors (Lipinski definition) is 2. The minimum atomic E-state index is 0.771. The summed E-state index contributed by atoms with van der Waals surface area (Å²) in [5.41, 5.74) is 1.29. The highest BCUT2D eigenvalue weighted by Gasteiger charge is 2.02. The zero-order valence-corrected chi connectivity index (χ0v) is 13.1. The second-order valence-corrected chi connectivity index (χ2v) is 5.35. The van der Waals surface area contributed by atoms with E-state index >= 15 is 0 Å². The summed E-state index contributed by atoms with van der Waals surface area (Å²) in [5, 5.41) is 3.46. The normalized spacial score (nSPS) is 10.6. The number of benzene rings is 1. The second kappa shape index (κ2) is 9.40. The molecule has 0 aliphatic heterocycles. The van der Waals surface area contributed by atoms with Gasteiger partial charge in [-0.25, -0.2) is 0 Å². The van der Waals surface area contributed by atoms with Gasteiger partial charge in [0.05, 0.1) is 11.1 Å². The van der Waals surface area contributed by atoms with E-state index in [-0.39, 0.29) is 0 Å². The van der Waals surface area contributed by atoms with E-state index in [0.717, 1.165) is 36.3 Å². The molecule has 0 fully saturated rings. The summed E-state index contributed by atoms with van der Waals surface area (Å²) < 4.78 is 6.68. The fraction of sp³-hybridized carbons (Fsp3) is 0.600. The molecule has 0 aliphatic rings. The van der Waals surface area contributed by atoms with Gasteiger partial charge >= 0.3 is 0 Å². The molecule has 0 aliphatic carbocycles. The van der Waals surface area contributed by atoms with E-state index in [9.17, 15) is 0 Å². The number of halogens is 1. The predicted molar refractivity (Wildman–Crippen MR) is 81.2 cm³/mol. The predicted octanol–water partition coefficient (Wildman–Crippen LogP) is 4.52. The van der Waals surface area contributed by atoms with Crippen LogP contribution in [0.3, 0.4) is 0 Å². The van der Waals surface area contributed by atoms with Crippen molar-refractivity contribution in [1.29, 1.82) is 0 Å². The molecule has 0 saturated carbocycles. The van der Waals surface area contributed by atoms with Crippen molar-refractivity contribution in [3.8, 4) is 5.75 Å². The van der Waals surface area contributed by atoms with Gasteiger partial charge in [-0.1, -0.05) is 32.8 Å². The van der Waals surface area contributed by atoms with Crippen LogP contribution < -0.4 is 10.1 Å². The summed E-state index contributed by atoms with van der Waals surface area (Å²) >= 11 is 3.56. The fourth-order valence-corrected chi connectivity index (χ4v) is 2.26. The molecular weight excluding hydrogens is 290 g/mol. The molecule has 1 N–H and O–H groups in total. The van der Waals surface area contributed by atoms with E-state index in [1.54, 1.807) is 0 Å². The molecule has 0 amide bonds. The first-order valence-corrected chi connectivity index (χ1v) is 7.69. The van der Waals surface area contributed by atoms with Crippen molar-refractivity contribution in [1.82, 2.24) is 5.32 Å². The van der Waals surface area contributed by atoms with Crippen LogP contribution in [-0.4, -0.2) is 13.2 Å². The molecule has 0 bridgehead atoms. The second-order valence-electron chi connectivity index (χ2n) is 4.50. The molecule has 18 heavy (non-hydrogen) atoms. The number of ether oxygens (including phenoxy) is 1. The molecule has 1 aromatic carbocycles. The molecule has 1 aromatic rings. The summed E-state index contributed by atoms with van der Waals surface area (Å²) in [6.07, 6.45) is 4.87. The van der Waals surface area contributed by atoms with Gasteiger partial charge < -0.3 is 10.1 Å². The Balaban J connectivity index is 2.36. The highest BCUT2D eigenvalue weighted by molar-refractivity contribution is 9.10. The molecule has 1 rings (SSSR count). The van der Waals surface area contributed by atoms with Gasteiger partial charge in [0.2, 0.25) is 0 Å². The fourth-order valence-electron chi connectivity index (χ4n) is 1.72. The van der Waals surface area contributed by atoms with Crippen molar-refractivity contribution in [3.63, 3.8) is 0 Å². The van der Waals surface area contributed by atoms with E-state index in [0.29, 0.717) is 0 Å². The lowest BCUT2D eigenvalue weighted by Crippen LogP contribution is -2.14. The molecule has 0 atom stereocenters. The molecule has 102 valence electrons. The lowest BCUT2D eigenvalue weighted by Gasteiger charge is -2.09. The smallest absolute Gasteiger partial charge is 0.133 e. The number of unbranched alkanes of at least 4 members (excludes halogenated alkanes) is 2. The average molecular weight is 314 g/mol. The van der Waals surface area contributed by atoms with Gasteiger partial charge in [0.15, 0.2) is 0 Å². The third kappa shape index (κ3) is 5.87. The quantitative estimate of drug-likeness (QED) is 0.677. The Morgan fingerprint density at radius 3 is 2.67 bits per heavy atom. The lowest BCUT2D eigenvalue weighted by molar-refractivity contribution is 0.315. The first-order chi connectivity index (χ1) is 8.77. The zero-order chi connectivity index (χ0) is 13.2. The highest BCUT2D eigenvalue weighted by Crippen LogP contribution is 2.26. The SMILES string of the molecule is CCCCCNCc1ccc(OCCC)c(Br)c1. The van der Waals surface area contributed by atoms with Gasteiger partial charge in [-0.2, -0.15) is 0 Å². The minimum absolute atomic E-state index is 0.771. The first kappa shape index (κ1) is 15.5. The van der Waals surface area contributed by atoms with E-state index in [4.69, 9.17) is 4.74 Å². The van der Waals surface area contributed by atoms with E-state index in [2.05, 4.69) is 47.2 Å². The Kier molecular flexibility index (Phi) is 8.10. The molecule has 3 heteroatoms. The van der Waals surface area contributed by atoms with Crippen molar-refractivity contribution in [2.24, 2.45) is 0 Å². The lowest BCUT2D eigenvalue weighted by atomic mass is 10.2. The highest BCUT2D eigenvalue weighted by atomic mass is 79.9. The molecular formula is C15H24BrNO. The third-order valence-electron chi connectivity index (χ3n) is 2.74. The van der Waals surface area contributed by atoms with Crippen LogP contribution in [0.1, 0.15) is 45.1 Å². The van der Waals surface area contributed by atoms with Crippen molar-refractivity contribution in [2.45, 2.75) is 46.1 Å². The number of rotatable bonds is 9. The van der Waals surface area contributed by atoms with Gasteiger partial charge in [-0.15, -0.1) is 0 Å². The Morgan fingerprint density at radius 1 is 1.17 bits per heavy atom. The summed E-state index contributed by atoms with van der Waals surface area (Å²) in [7, 11) is 0. The van der Waals surface area contributed by atoms with Crippen LogP contribution in [-0.2, 0) is 6.54 Å². The van der Waals surface area contributed by atoms with Crippen LogP contribution in [0.2, 0.25) is 0 Å². The minimum Gasteiger partial charge on any atom is -0.492 e. The Bertz CT molecular complexity index is 341.